The highest BCUT2D eigenvalue weighted by Gasteiger charge is 2.34. The van der Waals surface area contributed by atoms with E-state index < -0.39 is 17.6 Å². The minimum absolute atomic E-state index is 0.0703. The van der Waals surface area contributed by atoms with Gasteiger partial charge in [0.05, 0.1) is 11.1 Å². The van der Waals surface area contributed by atoms with E-state index in [9.17, 15) is 18.0 Å². The molecule has 210 valence electrons. The molecule has 2 aromatic heterocycles. The van der Waals surface area contributed by atoms with Crippen molar-refractivity contribution in [2.45, 2.75) is 19.6 Å². The number of halogens is 3. The highest BCUT2D eigenvalue weighted by molar-refractivity contribution is 6.04. The van der Waals surface area contributed by atoms with Crippen LogP contribution in [0.1, 0.15) is 38.2 Å². The van der Waals surface area contributed by atoms with Gasteiger partial charge in [-0.15, -0.1) is 0 Å². The summed E-state index contributed by atoms with van der Waals surface area (Å²) in [6.07, 6.45) is 0.393. The number of rotatable bonds is 4. The van der Waals surface area contributed by atoms with Gasteiger partial charge in [0.15, 0.2) is 0 Å². The molecule has 1 amide bonds. The lowest BCUT2D eigenvalue weighted by molar-refractivity contribution is -0.138. The summed E-state index contributed by atoms with van der Waals surface area (Å²) >= 11 is 0. The van der Waals surface area contributed by atoms with Gasteiger partial charge >= 0.3 is 6.18 Å². The van der Waals surface area contributed by atoms with Gasteiger partial charge in [-0.1, -0.05) is 24.0 Å². The molecule has 3 N–H and O–H groups in total. The van der Waals surface area contributed by atoms with Gasteiger partial charge < -0.3 is 16.0 Å². The van der Waals surface area contributed by atoms with Gasteiger partial charge in [-0.2, -0.15) is 13.2 Å². The number of nitrogens with two attached hydrogens (primary N) is 1. The SMILES string of the molecule is Cc1ccc(C(=O)Nc2ccc(CN3CCN(C)CC3)c(C(F)(F)F)c2)cc1C#Cc1c(N)ncc2cnccc12. The molecule has 0 spiro atoms. The van der Waals surface area contributed by atoms with Crippen LogP contribution < -0.4 is 11.1 Å². The molecule has 1 saturated heterocycles. The van der Waals surface area contributed by atoms with E-state index in [1.807, 2.05) is 18.9 Å². The summed E-state index contributed by atoms with van der Waals surface area (Å²) in [7, 11) is 2.00. The van der Waals surface area contributed by atoms with Crippen molar-refractivity contribution in [2.24, 2.45) is 0 Å². The molecule has 7 nitrogen and oxygen atoms in total. The van der Waals surface area contributed by atoms with Crippen LogP contribution in [-0.4, -0.2) is 58.9 Å². The molecule has 10 heteroatoms. The normalized spacial score (nSPS) is 14.5. The van der Waals surface area contributed by atoms with Crippen LogP contribution >= 0.6 is 0 Å². The number of nitrogens with one attached hydrogen (secondary N) is 1. The Kier molecular flexibility index (Phi) is 7.92. The number of likely N-dealkylation sites (N-methyl/N-ethyl adjacent to an activating group) is 1. The number of aromatic nitrogens is 2. The minimum Gasteiger partial charge on any atom is -0.383 e. The van der Waals surface area contributed by atoms with Gasteiger partial charge in [0.2, 0.25) is 0 Å². The van der Waals surface area contributed by atoms with Crippen molar-refractivity contribution in [3.8, 4) is 11.8 Å². The third-order valence-corrected chi connectivity index (χ3v) is 7.21. The number of piperazine rings is 1. The van der Waals surface area contributed by atoms with Crippen molar-refractivity contribution in [1.29, 1.82) is 0 Å². The van der Waals surface area contributed by atoms with Crippen LogP contribution in [0.15, 0.2) is 61.1 Å². The van der Waals surface area contributed by atoms with Crippen LogP contribution in [0.3, 0.4) is 0 Å². The first kappa shape index (κ1) is 28.1. The van der Waals surface area contributed by atoms with E-state index in [2.05, 4.69) is 32.0 Å². The van der Waals surface area contributed by atoms with E-state index in [1.54, 1.807) is 42.9 Å². The maximum Gasteiger partial charge on any atom is 0.416 e. The Hall–Kier alpha value is -4.46. The topological polar surface area (TPSA) is 87.4 Å². The molecular weight excluding hydrogens is 529 g/mol. The number of anilines is 2. The Balaban J connectivity index is 1.38. The molecule has 1 fully saturated rings. The number of alkyl halides is 3. The summed E-state index contributed by atoms with van der Waals surface area (Å²) in [6, 6.07) is 10.7. The highest BCUT2D eigenvalue weighted by Crippen LogP contribution is 2.35. The Morgan fingerprint density at radius 1 is 1.05 bits per heavy atom. The smallest absolute Gasteiger partial charge is 0.383 e. The summed E-state index contributed by atoms with van der Waals surface area (Å²) < 4.78 is 41.9. The van der Waals surface area contributed by atoms with Gasteiger partial charge in [0.25, 0.3) is 5.91 Å². The first-order valence-electron chi connectivity index (χ1n) is 13.1. The second kappa shape index (κ2) is 11.6. The predicted octanol–water partition coefficient (Wildman–Crippen LogP) is 4.94. The molecule has 0 radical (unpaired) electrons. The van der Waals surface area contributed by atoms with E-state index in [0.717, 1.165) is 35.5 Å². The second-order valence-corrected chi connectivity index (χ2v) is 10.2. The number of pyridine rings is 2. The van der Waals surface area contributed by atoms with Gasteiger partial charge in [0, 0.05) is 78.9 Å². The lowest BCUT2D eigenvalue weighted by atomic mass is 10.0. The summed E-state index contributed by atoms with van der Waals surface area (Å²) in [6.45, 7) is 5.07. The molecule has 2 aromatic carbocycles. The summed E-state index contributed by atoms with van der Waals surface area (Å²) in [5, 5.41) is 4.22. The molecule has 0 aliphatic carbocycles. The molecule has 41 heavy (non-hydrogen) atoms. The van der Waals surface area contributed by atoms with Crippen molar-refractivity contribution in [3.63, 3.8) is 0 Å². The Bertz CT molecular complexity index is 1670. The van der Waals surface area contributed by atoms with E-state index in [0.29, 0.717) is 24.2 Å². The Morgan fingerprint density at radius 3 is 2.59 bits per heavy atom. The summed E-state index contributed by atoms with van der Waals surface area (Å²) in [5.74, 6) is 5.88. The third-order valence-electron chi connectivity index (χ3n) is 7.21. The maximum atomic E-state index is 14.0. The zero-order valence-corrected chi connectivity index (χ0v) is 22.7. The van der Waals surface area contributed by atoms with Crippen molar-refractivity contribution in [3.05, 3.63) is 94.4 Å². The highest BCUT2D eigenvalue weighted by atomic mass is 19.4. The summed E-state index contributed by atoms with van der Waals surface area (Å²) in [5.41, 5.74) is 7.82. The number of nitrogen functional groups attached to an aromatic ring is 1. The zero-order valence-electron chi connectivity index (χ0n) is 22.7. The molecule has 0 bridgehead atoms. The van der Waals surface area contributed by atoms with Gasteiger partial charge in [-0.3, -0.25) is 14.7 Å². The number of nitrogens with zero attached hydrogens (tertiary/aromatic N) is 4. The van der Waals surface area contributed by atoms with Crippen LogP contribution in [0, 0.1) is 18.8 Å². The molecule has 5 rings (SSSR count). The fourth-order valence-corrected chi connectivity index (χ4v) is 4.74. The monoisotopic (exact) mass is 558 g/mol. The van der Waals surface area contributed by atoms with Crippen LogP contribution in [0.4, 0.5) is 24.7 Å². The Morgan fingerprint density at radius 2 is 1.83 bits per heavy atom. The number of carbonyl (C=O) groups excluding carboxylic acids is 1. The lowest BCUT2D eigenvalue weighted by Crippen LogP contribution is -2.44. The van der Waals surface area contributed by atoms with Gasteiger partial charge in [-0.05, 0) is 55.4 Å². The molecular formula is C31H29F3N6O. The number of hydrogen-bond donors (Lipinski definition) is 2. The van der Waals surface area contributed by atoms with Crippen molar-refractivity contribution < 1.29 is 18.0 Å². The van der Waals surface area contributed by atoms with Crippen LogP contribution in [0.2, 0.25) is 0 Å². The van der Waals surface area contributed by atoms with Gasteiger partial charge in [0.1, 0.15) is 5.82 Å². The molecule has 0 saturated carbocycles. The van der Waals surface area contributed by atoms with Gasteiger partial charge in [-0.25, -0.2) is 4.98 Å². The predicted molar refractivity (Wildman–Crippen MR) is 153 cm³/mol. The van der Waals surface area contributed by atoms with Crippen LogP contribution in [0.5, 0.6) is 0 Å². The zero-order chi connectivity index (χ0) is 29.1. The number of hydrogen-bond acceptors (Lipinski definition) is 6. The maximum absolute atomic E-state index is 14.0. The number of amides is 1. The van der Waals surface area contributed by atoms with Crippen LogP contribution in [-0.2, 0) is 12.7 Å². The molecule has 0 atom stereocenters. The third kappa shape index (κ3) is 6.48. The summed E-state index contributed by atoms with van der Waals surface area (Å²) in [4.78, 5) is 25.5. The number of aryl methyl sites for hydroxylation is 1. The number of carbonyl (C=O) groups is 1. The molecule has 4 aromatic rings. The molecule has 1 aliphatic heterocycles. The van der Waals surface area contributed by atoms with Crippen molar-refractivity contribution >= 4 is 28.2 Å². The molecule has 3 heterocycles. The van der Waals surface area contributed by atoms with Crippen molar-refractivity contribution in [1.82, 2.24) is 19.8 Å². The first-order chi connectivity index (χ1) is 19.6. The van der Waals surface area contributed by atoms with E-state index in [-0.39, 0.29) is 29.2 Å². The fourth-order valence-electron chi connectivity index (χ4n) is 4.74. The van der Waals surface area contributed by atoms with E-state index in [1.165, 1.54) is 12.1 Å². The van der Waals surface area contributed by atoms with Crippen molar-refractivity contribution in [2.75, 3.05) is 44.3 Å². The average molecular weight is 559 g/mol. The van der Waals surface area contributed by atoms with Crippen LogP contribution in [0.25, 0.3) is 10.8 Å². The average Bonchev–Trinajstić information content (AvgIpc) is 2.94. The lowest BCUT2D eigenvalue weighted by Gasteiger charge is -2.33. The number of fused-ring (bicyclic) bond motifs is 1. The quantitative estimate of drug-likeness (QED) is 0.345. The first-order valence-corrected chi connectivity index (χ1v) is 13.1. The molecule has 1 aliphatic rings. The molecule has 0 unspecified atom stereocenters. The fraction of sp³-hybridized carbons (Fsp3) is 0.258. The van der Waals surface area contributed by atoms with E-state index in [4.69, 9.17) is 5.73 Å². The number of benzene rings is 2. The standard InChI is InChI=1S/C31H29F3N6O/c1-20-3-4-22(15-21(20)6-8-27-26-9-10-36-17-24(26)18-37-29(27)35)30(41)38-25-7-5-23(28(16-25)31(32,33)34)19-40-13-11-39(2)12-14-40/h3-5,7,9-10,15-18H,11-14,19H2,1-2H3,(H2,35,37)(H,38,41). The second-order valence-electron chi connectivity index (χ2n) is 10.2. The minimum atomic E-state index is -4.55. The van der Waals surface area contributed by atoms with E-state index >= 15 is 0 Å². The Labute approximate surface area is 236 Å². The largest absolute Gasteiger partial charge is 0.416 e.